The number of hydrogen-bond acceptors (Lipinski definition) is 5. The topological polar surface area (TPSA) is 98.2 Å². The van der Waals surface area contributed by atoms with Crippen molar-refractivity contribution in [1.29, 1.82) is 0 Å². The quantitative estimate of drug-likeness (QED) is 0.328. The number of hydrogen-bond donors (Lipinski definition) is 2. The second-order valence-corrected chi connectivity index (χ2v) is 9.18. The Morgan fingerprint density at radius 1 is 1.09 bits per heavy atom. The Morgan fingerprint density at radius 3 is 2.39 bits per heavy atom. The van der Waals surface area contributed by atoms with E-state index in [4.69, 9.17) is 15.7 Å². The number of benzene rings is 2. The van der Waals surface area contributed by atoms with Gasteiger partial charge in [-0.1, -0.05) is 70.5 Å². The molecule has 0 radical (unpaired) electrons. The predicted molar refractivity (Wildman–Crippen MR) is 135 cm³/mol. The molecule has 170 valence electrons. The Kier molecular flexibility index (Phi) is 6.14. The lowest BCUT2D eigenvalue weighted by Gasteiger charge is -2.18. The van der Waals surface area contributed by atoms with Crippen LogP contribution >= 0.6 is 0 Å². The number of nitrogen functional groups attached to an aromatic ring is 1. The summed E-state index contributed by atoms with van der Waals surface area (Å²) in [6.07, 6.45) is 3.60. The van der Waals surface area contributed by atoms with Crippen LogP contribution in [0, 0.1) is 0 Å². The molecule has 0 unspecified atom stereocenters. The number of fused-ring (bicyclic) bond motifs is 2. The van der Waals surface area contributed by atoms with Crippen LogP contribution in [-0.2, 0) is 5.41 Å². The van der Waals surface area contributed by atoms with Gasteiger partial charge in [-0.25, -0.2) is 9.97 Å². The highest BCUT2D eigenvalue weighted by molar-refractivity contribution is 6.10. The molecule has 7 heteroatoms. The van der Waals surface area contributed by atoms with Crippen molar-refractivity contribution in [2.45, 2.75) is 46.0 Å². The third-order valence-corrected chi connectivity index (χ3v) is 5.62. The molecule has 4 rings (SSSR count). The van der Waals surface area contributed by atoms with Gasteiger partial charge >= 0.3 is 0 Å². The van der Waals surface area contributed by atoms with E-state index in [1.807, 2.05) is 36.4 Å². The van der Waals surface area contributed by atoms with Crippen LogP contribution < -0.4 is 11.1 Å². The van der Waals surface area contributed by atoms with Crippen molar-refractivity contribution in [3.05, 3.63) is 65.2 Å². The highest BCUT2D eigenvalue weighted by Crippen LogP contribution is 2.28. The number of carbonyl (C=O) groups excluding carboxylic acids is 1. The molecule has 33 heavy (non-hydrogen) atoms. The molecule has 0 spiro atoms. The van der Waals surface area contributed by atoms with Crippen molar-refractivity contribution in [2.24, 2.45) is 5.10 Å². The number of unbranched alkanes of at least 4 members (excludes halogenated alkanes) is 1. The summed E-state index contributed by atoms with van der Waals surface area (Å²) in [5.74, 6) is -0.0455. The Morgan fingerprint density at radius 2 is 1.76 bits per heavy atom. The van der Waals surface area contributed by atoms with Crippen molar-refractivity contribution in [1.82, 2.24) is 20.0 Å². The number of anilines is 1. The summed E-state index contributed by atoms with van der Waals surface area (Å²) < 4.78 is 1.50. The second kappa shape index (κ2) is 9.02. The van der Waals surface area contributed by atoms with E-state index in [1.54, 1.807) is 6.21 Å². The van der Waals surface area contributed by atoms with Gasteiger partial charge in [0.05, 0.1) is 17.2 Å². The first-order valence-electron chi connectivity index (χ1n) is 11.3. The molecule has 0 saturated carbocycles. The maximum atomic E-state index is 13.0. The van der Waals surface area contributed by atoms with Crippen molar-refractivity contribution < 1.29 is 4.79 Å². The van der Waals surface area contributed by atoms with Crippen LogP contribution in [-0.4, -0.2) is 33.3 Å². The maximum Gasteiger partial charge on any atom is 0.257 e. The van der Waals surface area contributed by atoms with Crippen LogP contribution in [0.15, 0.2) is 53.6 Å². The molecule has 0 atom stereocenters. The van der Waals surface area contributed by atoms with Gasteiger partial charge in [0, 0.05) is 6.54 Å². The zero-order chi connectivity index (χ0) is 23.6. The lowest BCUT2D eigenvalue weighted by molar-refractivity contribution is 0.0955. The van der Waals surface area contributed by atoms with E-state index < -0.39 is 0 Å². The Hall–Kier alpha value is -3.74. The Labute approximate surface area is 193 Å². The third kappa shape index (κ3) is 4.58. The third-order valence-electron chi connectivity index (χ3n) is 5.62. The molecule has 2 aromatic carbocycles. The zero-order valence-corrected chi connectivity index (χ0v) is 19.6. The van der Waals surface area contributed by atoms with Gasteiger partial charge in [-0.2, -0.15) is 9.78 Å². The van der Waals surface area contributed by atoms with Gasteiger partial charge in [-0.15, -0.1) is 0 Å². The van der Waals surface area contributed by atoms with E-state index in [-0.39, 0.29) is 17.1 Å². The number of para-hydroxylation sites is 2. The minimum absolute atomic E-state index is 0.0768. The molecule has 0 saturated heterocycles. The normalized spacial score (nSPS) is 12.1. The minimum atomic E-state index is -0.265. The summed E-state index contributed by atoms with van der Waals surface area (Å²) in [4.78, 5) is 22.4. The first-order chi connectivity index (χ1) is 15.8. The van der Waals surface area contributed by atoms with E-state index >= 15 is 0 Å². The summed E-state index contributed by atoms with van der Waals surface area (Å²) in [5, 5.41) is 7.52. The Bertz CT molecular complexity index is 1330. The molecular weight excluding hydrogens is 412 g/mol. The van der Waals surface area contributed by atoms with Crippen molar-refractivity contribution in [3.63, 3.8) is 0 Å². The van der Waals surface area contributed by atoms with Gasteiger partial charge < -0.3 is 11.1 Å². The van der Waals surface area contributed by atoms with Crippen LogP contribution in [0.4, 0.5) is 5.82 Å². The van der Waals surface area contributed by atoms with E-state index in [0.29, 0.717) is 34.3 Å². The SMILES string of the molecule is CCCCNC(=O)c1c(N)n(N=Cc2ccc(C(C)(C)C)cc2)c2nc3ccccc3nc12. The van der Waals surface area contributed by atoms with Crippen LogP contribution in [0.3, 0.4) is 0 Å². The fourth-order valence-corrected chi connectivity index (χ4v) is 3.65. The van der Waals surface area contributed by atoms with Gasteiger partial charge in [0.2, 0.25) is 0 Å². The minimum Gasteiger partial charge on any atom is -0.383 e. The number of carbonyl (C=O) groups is 1. The maximum absolute atomic E-state index is 13.0. The van der Waals surface area contributed by atoms with Gasteiger partial charge in [0.25, 0.3) is 5.91 Å². The first-order valence-corrected chi connectivity index (χ1v) is 11.3. The molecular formula is C26H30N6O. The number of rotatable bonds is 6. The molecule has 3 N–H and O–H groups in total. The molecule has 4 aromatic rings. The van der Waals surface area contributed by atoms with Gasteiger partial charge in [-0.05, 0) is 35.1 Å². The second-order valence-electron chi connectivity index (χ2n) is 9.18. The smallest absolute Gasteiger partial charge is 0.257 e. The summed E-state index contributed by atoms with van der Waals surface area (Å²) in [6.45, 7) is 9.19. The average molecular weight is 443 g/mol. The van der Waals surface area contributed by atoms with Crippen molar-refractivity contribution >= 4 is 40.1 Å². The number of aromatic nitrogens is 3. The number of nitrogens with two attached hydrogens (primary N) is 1. The summed E-state index contributed by atoms with van der Waals surface area (Å²) in [5.41, 5.74) is 11.3. The van der Waals surface area contributed by atoms with Crippen LogP contribution in [0.25, 0.3) is 22.2 Å². The Balaban J connectivity index is 1.79. The average Bonchev–Trinajstić information content (AvgIpc) is 3.06. The monoisotopic (exact) mass is 442 g/mol. The van der Waals surface area contributed by atoms with E-state index in [2.05, 4.69) is 50.2 Å². The fourth-order valence-electron chi connectivity index (χ4n) is 3.65. The van der Waals surface area contributed by atoms with E-state index in [9.17, 15) is 4.79 Å². The van der Waals surface area contributed by atoms with E-state index in [0.717, 1.165) is 18.4 Å². The standard InChI is InChI=1S/C26H30N6O/c1-5-6-15-28-25(33)21-22-24(31-20-10-8-7-9-19(20)30-22)32(23(21)27)29-16-17-11-13-18(14-12-17)26(2,3)4/h7-14,16H,5-6,15,27H2,1-4H3,(H,28,33). The van der Waals surface area contributed by atoms with Crippen molar-refractivity contribution in [2.75, 3.05) is 12.3 Å². The van der Waals surface area contributed by atoms with Gasteiger partial charge in [0.1, 0.15) is 16.9 Å². The summed E-state index contributed by atoms with van der Waals surface area (Å²) in [7, 11) is 0. The molecule has 2 aromatic heterocycles. The molecule has 0 aliphatic rings. The number of nitrogens with zero attached hydrogens (tertiary/aromatic N) is 4. The largest absolute Gasteiger partial charge is 0.383 e. The van der Waals surface area contributed by atoms with Crippen LogP contribution in [0.5, 0.6) is 0 Å². The highest BCUT2D eigenvalue weighted by atomic mass is 16.1. The number of nitrogens with one attached hydrogen (secondary N) is 1. The molecule has 0 bridgehead atoms. The molecule has 2 heterocycles. The van der Waals surface area contributed by atoms with Crippen LogP contribution in [0.1, 0.15) is 62.0 Å². The molecule has 7 nitrogen and oxygen atoms in total. The molecule has 1 amide bonds. The van der Waals surface area contributed by atoms with Crippen LogP contribution in [0.2, 0.25) is 0 Å². The number of amides is 1. The van der Waals surface area contributed by atoms with E-state index in [1.165, 1.54) is 10.2 Å². The van der Waals surface area contributed by atoms with Gasteiger partial charge in [0.15, 0.2) is 5.65 Å². The summed E-state index contributed by atoms with van der Waals surface area (Å²) >= 11 is 0. The summed E-state index contributed by atoms with van der Waals surface area (Å²) in [6, 6.07) is 15.8. The fraction of sp³-hybridized carbons (Fsp3) is 0.308. The van der Waals surface area contributed by atoms with Crippen molar-refractivity contribution in [3.8, 4) is 0 Å². The lowest BCUT2D eigenvalue weighted by Crippen LogP contribution is -2.25. The lowest BCUT2D eigenvalue weighted by atomic mass is 9.87. The molecule has 0 aliphatic carbocycles. The highest BCUT2D eigenvalue weighted by Gasteiger charge is 2.23. The van der Waals surface area contributed by atoms with Gasteiger partial charge in [-0.3, -0.25) is 4.79 Å². The molecule has 0 fully saturated rings. The predicted octanol–water partition coefficient (Wildman–Crippen LogP) is 4.88. The molecule has 0 aliphatic heterocycles. The first kappa shape index (κ1) is 22.5. The zero-order valence-electron chi connectivity index (χ0n) is 19.6.